The molecule has 0 amide bonds. The van der Waals surface area contributed by atoms with E-state index in [1.54, 1.807) is 24.3 Å². The van der Waals surface area contributed by atoms with Crippen LogP contribution in [-0.4, -0.2) is 67.2 Å². The molecule has 0 unspecified atom stereocenters. The lowest BCUT2D eigenvalue weighted by Crippen LogP contribution is -2.46. The predicted molar refractivity (Wildman–Crippen MR) is 144 cm³/mol. The van der Waals surface area contributed by atoms with Crippen molar-refractivity contribution in [3.8, 4) is 17.0 Å². The summed E-state index contributed by atoms with van der Waals surface area (Å²) in [4.78, 5) is 22.9. The number of piperidine rings is 2. The maximum Gasteiger partial charge on any atom is 0.416 e. The standard InChI is InChI=1S/C30H34F3N3O3/c1-38-23-9-10-26-24(18-23)27(29(37)39-2)25(28(34-26)20-7-6-8-21(17-20)30(31,32)33)19-35-15-11-22(12-16-35)36-13-4-3-5-14-36/h6-10,17-18,22H,3-5,11-16,19H2,1-2H3. The highest BCUT2D eigenvalue weighted by molar-refractivity contribution is 6.07. The average molecular weight is 542 g/mol. The number of carbonyl (C=O) groups is 1. The molecule has 0 saturated carbocycles. The lowest BCUT2D eigenvalue weighted by Gasteiger charge is -2.40. The van der Waals surface area contributed by atoms with Gasteiger partial charge in [0.25, 0.3) is 0 Å². The van der Waals surface area contributed by atoms with Gasteiger partial charge in [0.05, 0.1) is 36.6 Å². The van der Waals surface area contributed by atoms with E-state index in [2.05, 4.69) is 9.80 Å². The predicted octanol–water partition coefficient (Wildman–Crippen LogP) is 6.17. The lowest BCUT2D eigenvalue weighted by atomic mass is 9.94. The quantitative estimate of drug-likeness (QED) is 0.348. The third-order valence-corrected chi connectivity index (χ3v) is 7.99. The summed E-state index contributed by atoms with van der Waals surface area (Å²) in [5.74, 6) is -0.00310. The van der Waals surface area contributed by atoms with Gasteiger partial charge in [-0.3, -0.25) is 4.90 Å². The molecule has 2 aliphatic rings. The van der Waals surface area contributed by atoms with Crippen molar-refractivity contribution in [1.82, 2.24) is 14.8 Å². The largest absolute Gasteiger partial charge is 0.497 e. The molecule has 5 rings (SSSR count). The molecule has 2 saturated heterocycles. The Morgan fingerprint density at radius 3 is 2.41 bits per heavy atom. The van der Waals surface area contributed by atoms with Gasteiger partial charge >= 0.3 is 12.1 Å². The summed E-state index contributed by atoms with van der Waals surface area (Å²) in [6, 6.07) is 10.8. The van der Waals surface area contributed by atoms with Crippen LogP contribution >= 0.6 is 0 Å². The summed E-state index contributed by atoms with van der Waals surface area (Å²) in [5.41, 5.74) is 1.27. The molecule has 2 aliphatic heterocycles. The van der Waals surface area contributed by atoms with Crippen LogP contribution in [0.15, 0.2) is 42.5 Å². The number of fused-ring (bicyclic) bond motifs is 1. The first-order chi connectivity index (χ1) is 18.8. The van der Waals surface area contributed by atoms with Crippen molar-refractivity contribution < 1.29 is 27.4 Å². The van der Waals surface area contributed by atoms with Gasteiger partial charge < -0.3 is 14.4 Å². The number of halogens is 3. The number of rotatable bonds is 6. The Balaban J connectivity index is 1.58. The van der Waals surface area contributed by atoms with Crippen LogP contribution < -0.4 is 4.74 Å². The molecule has 0 atom stereocenters. The molecular weight excluding hydrogens is 507 g/mol. The fourth-order valence-corrected chi connectivity index (χ4v) is 5.93. The Morgan fingerprint density at radius 2 is 1.74 bits per heavy atom. The van der Waals surface area contributed by atoms with Crippen molar-refractivity contribution in [2.75, 3.05) is 40.4 Å². The second kappa shape index (κ2) is 11.5. The zero-order chi connectivity index (χ0) is 27.6. The highest BCUT2D eigenvalue weighted by Crippen LogP contribution is 2.37. The van der Waals surface area contributed by atoms with Gasteiger partial charge in [-0.2, -0.15) is 13.2 Å². The van der Waals surface area contributed by atoms with E-state index < -0.39 is 17.7 Å². The summed E-state index contributed by atoms with van der Waals surface area (Å²) < 4.78 is 51.5. The number of esters is 1. The molecule has 6 nitrogen and oxygen atoms in total. The van der Waals surface area contributed by atoms with Gasteiger partial charge in [0.15, 0.2) is 0 Å². The summed E-state index contributed by atoms with van der Waals surface area (Å²) in [6.45, 7) is 4.34. The molecule has 208 valence electrons. The van der Waals surface area contributed by atoms with Gasteiger partial charge in [-0.15, -0.1) is 0 Å². The molecule has 0 aliphatic carbocycles. The molecule has 0 spiro atoms. The number of pyridine rings is 1. The van der Waals surface area contributed by atoms with Gasteiger partial charge in [0, 0.05) is 29.1 Å². The van der Waals surface area contributed by atoms with E-state index >= 15 is 0 Å². The SMILES string of the molecule is COC(=O)c1c(CN2CCC(N3CCCCC3)CC2)c(-c2cccc(C(F)(F)F)c2)nc2ccc(OC)cc12. The van der Waals surface area contributed by atoms with Gasteiger partial charge in [-0.05, 0) is 82.2 Å². The lowest BCUT2D eigenvalue weighted by molar-refractivity contribution is -0.137. The summed E-state index contributed by atoms with van der Waals surface area (Å²) in [6.07, 6.45) is 1.32. The fraction of sp³-hybridized carbons (Fsp3) is 0.467. The minimum atomic E-state index is -4.50. The first-order valence-corrected chi connectivity index (χ1v) is 13.5. The first-order valence-electron chi connectivity index (χ1n) is 13.5. The molecular formula is C30H34F3N3O3. The van der Waals surface area contributed by atoms with Crippen LogP contribution in [0.3, 0.4) is 0 Å². The Labute approximate surface area is 226 Å². The second-order valence-electron chi connectivity index (χ2n) is 10.4. The summed E-state index contributed by atoms with van der Waals surface area (Å²) >= 11 is 0. The van der Waals surface area contributed by atoms with Gasteiger partial charge in [0.1, 0.15) is 5.75 Å². The highest BCUT2D eigenvalue weighted by Gasteiger charge is 2.32. The number of methoxy groups -OCH3 is 2. The minimum absolute atomic E-state index is 0.311. The third-order valence-electron chi connectivity index (χ3n) is 7.99. The molecule has 39 heavy (non-hydrogen) atoms. The maximum atomic E-state index is 13.6. The maximum absolute atomic E-state index is 13.6. The molecule has 3 aromatic rings. The van der Waals surface area contributed by atoms with Crippen LogP contribution in [0.25, 0.3) is 22.2 Å². The van der Waals surface area contributed by atoms with Gasteiger partial charge in [0.2, 0.25) is 0 Å². The normalized spacial score (nSPS) is 17.9. The van der Waals surface area contributed by atoms with Crippen molar-refractivity contribution in [2.45, 2.75) is 50.9 Å². The number of benzene rings is 2. The van der Waals surface area contributed by atoms with E-state index in [1.165, 1.54) is 39.5 Å². The van der Waals surface area contributed by atoms with Crippen molar-refractivity contribution in [2.24, 2.45) is 0 Å². The van der Waals surface area contributed by atoms with Crippen molar-refractivity contribution in [3.63, 3.8) is 0 Å². The number of ether oxygens (including phenoxy) is 2. The second-order valence-corrected chi connectivity index (χ2v) is 10.4. The molecule has 2 fully saturated rings. The van der Waals surface area contributed by atoms with Gasteiger partial charge in [-0.25, -0.2) is 9.78 Å². The average Bonchev–Trinajstić information content (AvgIpc) is 2.96. The van der Waals surface area contributed by atoms with E-state index in [4.69, 9.17) is 14.5 Å². The Morgan fingerprint density at radius 1 is 1.00 bits per heavy atom. The Hall–Kier alpha value is -3.17. The molecule has 2 aromatic carbocycles. The van der Waals surface area contributed by atoms with Crippen molar-refractivity contribution in [1.29, 1.82) is 0 Å². The number of alkyl halides is 3. The zero-order valence-corrected chi connectivity index (χ0v) is 22.4. The summed E-state index contributed by atoms with van der Waals surface area (Å²) in [7, 11) is 2.85. The zero-order valence-electron chi connectivity index (χ0n) is 22.4. The fourth-order valence-electron chi connectivity index (χ4n) is 5.93. The van der Waals surface area contributed by atoms with Crippen LogP contribution in [-0.2, 0) is 17.5 Å². The molecule has 0 bridgehead atoms. The number of nitrogens with zero attached hydrogens (tertiary/aromatic N) is 3. The molecule has 0 N–H and O–H groups in total. The van der Waals surface area contributed by atoms with E-state index in [1.807, 2.05) is 0 Å². The Bertz CT molecular complexity index is 1330. The van der Waals surface area contributed by atoms with Crippen molar-refractivity contribution in [3.05, 3.63) is 59.2 Å². The molecule has 0 radical (unpaired) electrons. The topological polar surface area (TPSA) is 54.9 Å². The Kier molecular flexibility index (Phi) is 8.09. The first kappa shape index (κ1) is 27.4. The van der Waals surface area contributed by atoms with Crippen LogP contribution in [0, 0.1) is 0 Å². The number of carbonyl (C=O) groups excluding carboxylic acids is 1. The van der Waals surface area contributed by atoms with Crippen LogP contribution in [0.4, 0.5) is 13.2 Å². The number of likely N-dealkylation sites (tertiary alicyclic amines) is 2. The molecule has 3 heterocycles. The van der Waals surface area contributed by atoms with Gasteiger partial charge in [-0.1, -0.05) is 18.6 Å². The monoisotopic (exact) mass is 541 g/mol. The molecule has 1 aromatic heterocycles. The number of hydrogen-bond donors (Lipinski definition) is 0. The highest BCUT2D eigenvalue weighted by atomic mass is 19.4. The third kappa shape index (κ3) is 5.89. The smallest absolute Gasteiger partial charge is 0.416 e. The van der Waals surface area contributed by atoms with Crippen LogP contribution in [0.5, 0.6) is 5.75 Å². The van der Waals surface area contributed by atoms with E-state index in [0.29, 0.717) is 51.6 Å². The van der Waals surface area contributed by atoms with Crippen LogP contribution in [0.1, 0.15) is 53.6 Å². The number of aromatic nitrogens is 1. The number of hydrogen-bond acceptors (Lipinski definition) is 6. The minimum Gasteiger partial charge on any atom is -0.497 e. The van der Waals surface area contributed by atoms with E-state index in [0.717, 1.165) is 51.2 Å². The summed E-state index contributed by atoms with van der Waals surface area (Å²) in [5, 5.41) is 0.551. The van der Waals surface area contributed by atoms with Crippen molar-refractivity contribution >= 4 is 16.9 Å². The van der Waals surface area contributed by atoms with E-state index in [-0.39, 0.29) is 0 Å². The van der Waals surface area contributed by atoms with Crippen LogP contribution in [0.2, 0.25) is 0 Å². The van der Waals surface area contributed by atoms with E-state index in [9.17, 15) is 18.0 Å². The molecule has 9 heteroatoms.